The van der Waals surface area contributed by atoms with Gasteiger partial charge in [0.15, 0.2) is 0 Å². The highest BCUT2D eigenvalue weighted by Crippen LogP contribution is 2.27. The molecule has 27 heavy (non-hydrogen) atoms. The molecular weight excluding hydrogens is 342 g/mol. The van der Waals surface area contributed by atoms with Gasteiger partial charge in [0.05, 0.1) is 6.54 Å². The molecule has 1 aromatic rings. The molecule has 6 heteroatoms. The molecule has 0 aliphatic heterocycles. The summed E-state index contributed by atoms with van der Waals surface area (Å²) in [6.07, 6.45) is 1.60. The van der Waals surface area contributed by atoms with Crippen LogP contribution in [0.4, 0.5) is 5.69 Å². The molecule has 1 saturated carbocycles. The van der Waals surface area contributed by atoms with E-state index >= 15 is 0 Å². The number of benzene rings is 1. The minimum absolute atomic E-state index is 0.0573. The number of carboxylic acid groups (broad SMARTS) is 1. The molecular formula is C21H33N3O3. The predicted octanol–water partition coefficient (Wildman–Crippen LogP) is 3.12. The highest BCUT2D eigenvalue weighted by molar-refractivity contribution is 5.97. The van der Waals surface area contributed by atoms with Crippen LogP contribution >= 0.6 is 0 Å². The number of anilines is 1. The SMILES string of the molecule is CCN(CC(=O)O)C1CC(NC(=O)c2cccc(NC(C)C(C)C)c2C)C1. The third-order valence-electron chi connectivity index (χ3n) is 5.67. The maximum absolute atomic E-state index is 12.7. The first-order chi connectivity index (χ1) is 12.7. The van der Waals surface area contributed by atoms with Crippen LogP contribution < -0.4 is 10.6 Å². The number of carbonyl (C=O) groups excluding carboxylic acids is 1. The number of aliphatic carboxylic acids is 1. The van der Waals surface area contributed by atoms with Crippen molar-refractivity contribution >= 4 is 17.6 Å². The third-order valence-corrected chi connectivity index (χ3v) is 5.67. The van der Waals surface area contributed by atoms with E-state index in [0.717, 1.165) is 24.1 Å². The Balaban J connectivity index is 1.95. The average molecular weight is 376 g/mol. The monoisotopic (exact) mass is 375 g/mol. The number of likely N-dealkylation sites (N-methyl/N-ethyl adjacent to an activating group) is 1. The molecule has 0 heterocycles. The number of carbonyl (C=O) groups is 2. The van der Waals surface area contributed by atoms with E-state index < -0.39 is 5.97 Å². The van der Waals surface area contributed by atoms with Crippen LogP contribution in [0.3, 0.4) is 0 Å². The fourth-order valence-corrected chi connectivity index (χ4v) is 3.39. The van der Waals surface area contributed by atoms with Gasteiger partial charge in [-0.3, -0.25) is 14.5 Å². The van der Waals surface area contributed by atoms with Crippen molar-refractivity contribution in [3.63, 3.8) is 0 Å². The van der Waals surface area contributed by atoms with Crippen LogP contribution in [-0.2, 0) is 4.79 Å². The Kier molecular flexibility index (Phi) is 7.25. The zero-order chi connectivity index (χ0) is 20.1. The first kappa shape index (κ1) is 21.2. The molecule has 0 saturated heterocycles. The Morgan fingerprint density at radius 3 is 2.48 bits per heavy atom. The standard InChI is InChI=1S/C21H33N3O3/c1-6-24(12-20(25)26)17-10-16(11-17)23-21(27)18-8-7-9-19(14(18)4)22-15(5)13(2)3/h7-9,13,15-17,22H,6,10-12H2,1-5H3,(H,23,27)(H,25,26). The fourth-order valence-electron chi connectivity index (χ4n) is 3.39. The Hall–Kier alpha value is -2.08. The Morgan fingerprint density at radius 1 is 1.26 bits per heavy atom. The van der Waals surface area contributed by atoms with Crippen molar-refractivity contribution in [3.05, 3.63) is 29.3 Å². The molecule has 1 aromatic carbocycles. The van der Waals surface area contributed by atoms with E-state index in [0.29, 0.717) is 24.1 Å². The minimum Gasteiger partial charge on any atom is -0.480 e. The van der Waals surface area contributed by atoms with Crippen molar-refractivity contribution in [3.8, 4) is 0 Å². The lowest BCUT2D eigenvalue weighted by Gasteiger charge is -2.42. The van der Waals surface area contributed by atoms with Crippen molar-refractivity contribution in [1.82, 2.24) is 10.2 Å². The largest absolute Gasteiger partial charge is 0.480 e. The normalized spacial score (nSPS) is 20.3. The van der Waals surface area contributed by atoms with Gasteiger partial charge in [0.1, 0.15) is 0 Å². The number of hydrogen-bond donors (Lipinski definition) is 3. The lowest BCUT2D eigenvalue weighted by atomic mass is 9.85. The van der Waals surface area contributed by atoms with E-state index in [2.05, 4.69) is 31.4 Å². The molecule has 1 aliphatic carbocycles. The maximum atomic E-state index is 12.7. The van der Waals surface area contributed by atoms with Crippen molar-refractivity contribution in [2.75, 3.05) is 18.4 Å². The van der Waals surface area contributed by atoms with E-state index in [1.54, 1.807) is 0 Å². The summed E-state index contributed by atoms with van der Waals surface area (Å²) in [6.45, 7) is 11.2. The van der Waals surface area contributed by atoms with Gasteiger partial charge in [0, 0.05) is 29.4 Å². The molecule has 1 amide bonds. The topological polar surface area (TPSA) is 81.7 Å². The van der Waals surface area contributed by atoms with Crippen molar-refractivity contribution < 1.29 is 14.7 Å². The average Bonchev–Trinajstić information content (AvgIpc) is 2.57. The van der Waals surface area contributed by atoms with Gasteiger partial charge >= 0.3 is 5.97 Å². The number of nitrogens with zero attached hydrogens (tertiary/aromatic N) is 1. The second kappa shape index (κ2) is 9.22. The lowest BCUT2D eigenvalue weighted by molar-refractivity contribution is -0.139. The first-order valence-corrected chi connectivity index (χ1v) is 9.85. The number of nitrogens with one attached hydrogen (secondary N) is 2. The van der Waals surface area contributed by atoms with Gasteiger partial charge in [-0.15, -0.1) is 0 Å². The van der Waals surface area contributed by atoms with E-state index in [9.17, 15) is 9.59 Å². The maximum Gasteiger partial charge on any atom is 0.317 e. The summed E-state index contributed by atoms with van der Waals surface area (Å²) in [6, 6.07) is 6.44. The molecule has 6 nitrogen and oxygen atoms in total. The third kappa shape index (κ3) is 5.45. The van der Waals surface area contributed by atoms with Gasteiger partial charge in [-0.25, -0.2) is 0 Å². The molecule has 0 spiro atoms. The van der Waals surface area contributed by atoms with Gasteiger partial charge in [-0.1, -0.05) is 26.8 Å². The molecule has 1 aliphatic rings. The quantitative estimate of drug-likeness (QED) is 0.618. The summed E-state index contributed by atoms with van der Waals surface area (Å²) < 4.78 is 0. The van der Waals surface area contributed by atoms with Crippen LogP contribution in [0.25, 0.3) is 0 Å². The molecule has 3 N–H and O–H groups in total. The summed E-state index contributed by atoms with van der Waals surface area (Å²) in [4.78, 5) is 25.6. The summed E-state index contributed by atoms with van der Waals surface area (Å²) in [5.41, 5.74) is 2.64. The first-order valence-electron chi connectivity index (χ1n) is 9.85. The Labute approximate surface area is 162 Å². The van der Waals surface area contributed by atoms with Crippen molar-refractivity contribution in [1.29, 1.82) is 0 Å². The molecule has 1 fully saturated rings. The number of carboxylic acids is 1. The Morgan fingerprint density at radius 2 is 1.93 bits per heavy atom. The molecule has 0 radical (unpaired) electrons. The van der Waals surface area contributed by atoms with Crippen LogP contribution in [0.5, 0.6) is 0 Å². The minimum atomic E-state index is -0.806. The van der Waals surface area contributed by atoms with Gasteiger partial charge < -0.3 is 15.7 Å². The Bertz CT molecular complexity index is 669. The van der Waals surface area contributed by atoms with Crippen molar-refractivity contribution in [2.24, 2.45) is 5.92 Å². The molecule has 0 aromatic heterocycles. The summed E-state index contributed by atoms with van der Waals surface area (Å²) in [5.74, 6) is -0.362. The smallest absolute Gasteiger partial charge is 0.317 e. The number of rotatable bonds is 9. The molecule has 2 rings (SSSR count). The highest BCUT2D eigenvalue weighted by Gasteiger charge is 2.35. The molecule has 0 bridgehead atoms. The van der Waals surface area contributed by atoms with Crippen molar-refractivity contribution in [2.45, 2.75) is 65.6 Å². The predicted molar refractivity (Wildman–Crippen MR) is 108 cm³/mol. The summed E-state index contributed by atoms with van der Waals surface area (Å²) >= 11 is 0. The van der Waals surface area contributed by atoms with Gasteiger partial charge in [-0.05, 0) is 56.8 Å². The van der Waals surface area contributed by atoms with Gasteiger partial charge in [-0.2, -0.15) is 0 Å². The second-order valence-electron chi connectivity index (χ2n) is 7.91. The van der Waals surface area contributed by atoms with E-state index in [4.69, 9.17) is 5.11 Å². The lowest BCUT2D eigenvalue weighted by Crippen LogP contribution is -2.54. The zero-order valence-electron chi connectivity index (χ0n) is 17.1. The number of hydrogen-bond acceptors (Lipinski definition) is 4. The summed E-state index contributed by atoms with van der Waals surface area (Å²) in [5, 5.41) is 15.6. The molecule has 1 unspecified atom stereocenters. The zero-order valence-corrected chi connectivity index (χ0v) is 17.1. The van der Waals surface area contributed by atoms with Crippen LogP contribution in [0.15, 0.2) is 18.2 Å². The van der Waals surface area contributed by atoms with E-state index in [1.165, 1.54) is 0 Å². The van der Waals surface area contributed by atoms with Crippen LogP contribution in [0.2, 0.25) is 0 Å². The second-order valence-corrected chi connectivity index (χ2v) is 7.91. The van der Waals surface area contributed by atoms with Crippen LogP contribution in [-0.4, -0.2) is 53.1 Å². The van der Waals surface area contributed by atoms with Gasteiger partial charge in [0.2, 0.25) is 0 Å². The molecule has 1 atom stereocenters. The fraction of sp³-hybridized carbons (Fsp3) is 0.619. The van der Waals surface area contributed by atoms with Crippen LogP contribution in [0, 0.1) is 12.8 Å². The van der Waals surface area contributed by atoms with E-state index in [-0.39, 0.29) is 24.5 Å². The van der Waals surface area contributed by atoms with Gasteiger partial charge in [0.25, 0.3) is 5.91 Å². The highest BCUT2D eigenvalue weighted by atomic mass is 16.4. The number of amides is 1. The molecule has 150 valence electrons. The van der Waals surface area contributed by atoms with Crippen LogP contribution in [0.1, 0.15) is 56.5 Å². The summed E-state index contributed by atoms with van der Waals surface area (Å²) in [7, 11) is 0. The van der Waals surface area contributed by atoms with E-state index in [1.807, 2.05) is 36.9 Å².